The van der Waals surface area contributed by atoms with E-state index in [0.717, 1.165) is 6.42 Å². The third-order valence-electron chi connectivity index (χ3n) is 5.33. The Bertz CT molecular complexity index is 765. The van der Waals surface area contributed by atoms with Crippen LogP contribution in [0.2, 0.25) is 10.0 Å². The number of anilines is 1. The van der Waals surface area contributed by atoms with Crippen LogP contribution in [-0.4, -0.2) is 30.6 Å². The van der Waals surface area contributed by atoms with Crippen molar-refractivity contribution in [2.45, 2.75) is 18.9 Å². The Labute approximate surface area is 153 Å². The number of rotatable bonds is 4. The molecule has 0 spiro atoms. The quantitative estimate of drug-likeness (QED) is 0.808. The van der Waals surface area contributed by atoms with Gasteiger partial charge in [-0.3, -0.25) is 14.4 Å². The molecule has 1 aromatic carbocycles. The van der Waals surface area contributed by atoms with E-state index in [1.54, 1.807) is 18.2 Å². The molecule has 6 nitrogen and oxygen atoms in total. The SMILES string of the molecule is O=C(COC(=O)[C@@H]1[C@@H]2C[C@@H]3[C@@H]1C(=O)O[C@@H]3C2)Nc1cccc(Cl)c1Cl. The second-order valence-electron chi connectivity index (χ2n) is 6.68. The first kappa shape index (κ1) is 16.7. The van der Waals surface area contributed by atoms with E-state index in [2.05, 4.69) is 5.32 Å². The molecule has 1 saturated heterocycles. The molecule has 5 atom stereocenters. The molecule has 4 rings (SSSR count). The van der Waals surface area contributed by atoms with E-state index in [-0.39, 0.29) is 28.9 Å². The van der Waals surface area contributed by atoms with E-state index >= 15 is 0 Å². The molecule has 1 N–H and O–H groups in total. The minimum absolute atomic E-state index is 0.0418. The van der Waals surface area contributed by atoms with Gasteiger partial charge in [-0.15, -0.1) is 0 Å². The van der Waals surface area contributed by atoms with E-state index in [4.69, 9.17) is 32.7 Å². The van der Waals surface area contributed by atoms with Crippen LogP contribution in [0.4, 0.5) is 5.69 Å². The Balaban J connectivity index is 1.35. The van der Waals surface area contributed by atoms with Gasteiger partial charge in [0.1, 0.15) is 6.10 Å². The van der Waals surface area contributed by atoms with E-state index in [1.165, 1.54) is 0 Å². The van der Waals surface area contributed by atoms with Gasteiger partial charge < -0.3 is 14.8 Å². The molecule has 0 aromatic heterocycles. The number of carbonyl (C=O) groups is 3. The lowest BCUT2D eigenvalue weighted by Gasteiger charge is -2.22. The van der Waals surface area contributed by atoms with Crippen LogP contribution >= 0.6 is 23.2 Å². The number of nitrogens with one attached hydrogen (secondary N) is 1. The third-order valence-corrected chi connectivity index (χ3v) is 6.15. The zero-order valence-corrected chi connectivity index (χ0v) is 14.5. The number of esters is 2. The van der Waals surface area contributed by atoms with Crippen molar-refractivity contribution in [3.63, 3.8) is 0 Å². The minimum Gasteiger partial charge on any atom is -0.462 e. The summed E-state index contributed by atoms with van der Waals surface area (Å²) < 4.78 is 10.4. The zero-order valence-electron chi connectivity index (χ0n) is 13.0. The van der Waals surface area contributed by atoms with Gasteiger partial charge in [-0.25, -0.2) is 0 Å². The predicted octanol–water partition coefficient (Wildman–Crippen LogP) is 2.67. The van der Waals surface area contributed by atoms with Crippen LogP contribution in [0.3, 0.4) is 0 Å². The lowest BCUT2D eigenvalue weighted by molar-refractivity contribution is -0.157. The molecule has 1 heterocycles. The number of hydrogen-bond donors (Lipinski definition) is 1. The number of carbonyl (C=O) groups excluding carboxylic acids is 3. The molecule has 2 aliphatic carbocycles. The monoisotopic (exact) mass is 383 g/mol. The van der Waals surface area contributed by atoms with Gasteiger partial charge in [0.25, 0.3) is 5.91 Å². The van der Waals surface area contributed by atoms with E-state index in [1.807, 2.05) is 0 Å². The summed E-state index contributed by atoms with van der Waals surface area (Å²) in [6, 6.07) is 4.84. The van der Waals surface area contributed by atoms with Gasteiger partial charge in [0, 0.05) is 5.92 Å². The Kier molecular flexibility index (Phi) is 4.12. The van der Waals surface area contributed by atoms with Crippen molar-refractivity contribution in [2.24, 2.45) is 23.7 Å². The predicted molar refractivity (Wildman–Crippen MR) is 89.1 cm³/mol. The average Bonchev–Trinajstić information content (AvgIpc) is 3.19. The van der Waals surface area contributed by atoms with Crippen molar-refractivity contribution >= 4 is 46.7 Å². The number of halogens is 2. The highest BCUT2D eigenvalue weighted by molar-refractivity contribution is 6.44. The largest absolute Gasteiger partial charge is 0.462 e. The molecule has 2 saturated carbocycles. The number of ether oxygens (including phenoxy) is 2. The molecule has 0 radical (unpaired) electrons. The maximum atomic E-state index is 12.4. The van der Waals surface area contributed by atoms with E-state index in [9.17, 15) is 14.4 Å². The molecular weight excluding hydrogens is 369 g/mol. The highest BCUT2D eigenvalue weighted by atomic mass is 35.5. The third kappa shape index (κ3) is 2.77. The molecule has 1 amide bonds. The van der Waals surface area contributed by atoms with Gasteiger partial charge in [0.05, 0.1) is 27.6 Å². The zero-order chi connectivity index (χ0) is 17.7. The summed E-state index contributed by atoms with van der Waals surface area (Å²) in [7, 11) is 0. The fourth-order valence-electron chi connectivity index (χ4n) is 4.34. The summed E-state index contributed by atoms with van der Waals surface area (Å²) in [5.41, 5.74) is 0.345. The summed E-state index contributed by atoms with van der Waals surface area (Å²) in [5, 5.41) is 3.08. The summed E-state index contributed by atoms with van der Waals surface area (Å²) in [6.45, 7) is -0.444. The molecule has 1 aliphatic heterocycles. The molecule has 2 bridgehead atoms. The summed E-state index contributed by atoms with van der Waals surface area (Å²) in [6.07, 6.45) is 1.47. The standard InChI is InChI=1S/C17H15Cl2NO5/c18-9-2-1-3-10(15(9)19)20-12(21)6-24-16(22)13-7-4-8-11(5-7)25-17(23)14(8)13/h1-3,7-8,11,13-14H,4-6H2,(H,20,21)/t7-,8+,11-,13-,14+/m1/s1. The minimum atomic E-state index is -0.521. The fourth-order valence-corrected chi connectivity index (χ4v) is 4.69. The maximum Gasteiger partial charge on any atom is 0.310 e. The lowest BCUT2D eigenvalue weighted by atomic mass is 9.80. The molecular formula is C17H15Cl2NO5. The molecule has 0 unspecified atom stereocenters. The molecule has 25 heavy (non-hydrogen) atoms. The Morgan fingerprint density at radius 2 is 2.08 bits per heavy atom. The van der Waals surface area contributed by atoms with Crippen molar-refractivity contribution in [3.8, 4) is 0 Å². The van der Waals surface area contributed by atoms with Gasteiger partial charge in [0.15, 0.2) is 6.61 Å². The summed E-state index contributed by atoms with van der Waals surface area (Å²) >= 11 is 11.9. The molecule has 3 fully saturated rings. The molecule has 3 aliphatic rings. The van der Waals surface area contributed by atoms with Crippen molar-refractivity contribution in [3.05, 3.63) is 28.2 Å². The van der Waals surface area contributed by atoms with Crippen molar-refractivity contribution in [1.29, 1.82) is 0 Å². The second-order valence-corrected chi connectivity index (χ2v) is 7.46. The molecule has 1 aromatic rings. The van der Waals surface area contributed by atoms with Crippen LogP contribution < -0.4 is 5.32 Å². The first-order valence-corrected chi connectivity index (χ1v) is 8.82. The highest BCUT2D eigenvalue weighted by Gasteiger charge is 2.64. The second kappa shape index (κ2) is 6.18. The normalized spacial score (nSPS) is 31.8. The van der Waals surface area contributed by atoms with Crippen LogP contribution in [0.1, 0.15) is 12.8 Å². The number of amides is 1. The van der Waals surface area contributed by atoms with Crippen LogP contribution in [0.25, 0.3) is 0 Å². The van der Waals surface area contributed by atoms with Crippen LogP contribution in [0.15, 0.2) is 18.2 Å². The lowest BCUT2D eigenvalue weighted by Crippen LogP contribution is -2.35. The molecule has 8 heteroatoms. The summed E-state index contributed by atoms with van der Waals surface area (Å²) in [4.78, 5) is 36.3. The van der Waals surface area contributed by atoms with Crippen LogP contribution in [0, 0.1) is 23.7 Å². The Hall–Kier alpha value is -1.79. The van der Waals surface area contributed by atoms with Gasteiger partial charge in [-0.2, -0.15) is 0 Å². The van der Waals surface area contributed by atoms with Crippen molar-refractivity contribution < 1.29 is 23.9 Å². The number of fused-ring (bicyclic) bond motifs is 1. The Morgan fingerprint density at radius 1 is 1.28 bits per heavy atom. The number of benzene rings is 1. The van der Waals surface area contributed by atoms with Crippen molar-refractivity contribution in [1.82, 2.24) is 0 Å². The topological polar surface area (TPSA) is 81.7 Å². The van der Waals surface area contributed by atoms with E-state index < -0.39 is 30.3 Å². The smallest absolute Gasteiger partial charge is 0.310 e. The van der Waals surface area contributed by atoms with Crippen LogP contribution in [0.5, 0.6) is 0 Å². The van der Waals surface area contributed by atoms with Crippen molar-refractivity contribution in [2.75, 3.05) is 11.9 Å². The number of hydrogen-bond acceptors (Lipinski definition) is 5. The first-order chi connectivity index (χ1) is 12.0. The van der Waals surface area contributed by atoms with Crippen LogP contribution in [-0.2, 0) is 23.9 Å². The summed E-state index contributed by atoms with van der Waals surface area (Å²) in [5.74, 6) is -2.04. The molecule has 132 valence electrons. The highest BCUT2D eigenvalue weighted by Crippen LogP contribution is 2.57. The van der Waals surface area contributed by atoms with Gasteiger partial charge in [-0.1, -0.05) is 29.3 Å². The van der Waals surface area contributed by atoms with E-state index in [0.29, 0.717) is 17.1 Å². The average molecular weight is 384 g/mol. The maximum absolute atomic E-state index is 12.4. The Morgan fingerprint density at radius 3 is 2.88 bits per heavy atom. The fraction of sp³-hybridized carbons (Fsp3) is 0.471. The van der Waals surface area contributed by atoms with Gasteiger partial charge >= 0.3 is 11.9 Å². The van der Waals surface area contributed by atoms with Gasteiger partial charge in [-0.05, 0) is 30.9 Å². The first-order valence-electron chi connectivity index (χ1n) is 8.06. The van der Waals surface area contributed by atoms with Gasteiger partial charge in [0.2, 0.25) is 0 Å².